The number of furan rings is 1. The van der Waals surface area contributed by atoms with E-state index in [-0.39, 0.29) is 16.2 Å². The number of aromatic nitrogens is 1. The smallest absolute Gasteiger partial charge is 0.136 e. The van der Waals surface area contributed by atoms with Gasteiger partial charge in [-0.25, -0.2) is 0 Å². The number of rotatable bonds is 2. The van der Waals surface area contributed by atoms with Gasteiger partial charge in [-0.05, 0) is 87.0 Å². The van der Waals surface area contributed by atoms with Crippen molar-refractivity contribution in [1.29, 1.82) is 0 Å². The minimum Gasteiger partial charge on any atom is -0.456 e. The third-order valence-corrected chi connectivity index (χ3v) is 11.1. The van der Waals surface area contributed by atoms with Crippen molar-refractivity contribution in [3.05, 3.63) is 114 Å². The number of fused-ring (bicyclic) bond motifs is 7. The molecule has 2 heterocycles. The number of hydrogen-bond acceptors (Lipinski definition) is 1. The maximum Gasteiger partial charge on any atom is 0.136 e. The van der Waals surface area contributed by atoms with Crippen LogP contribution in [-0.2, 0) is 10.8 Å². The minimum absolute atomic E-state index is 0.0418. The Bertz CT molecular complexity index is 2170. The molecule has 2 heteroatoms. The quantitative estimate of drug-likeness (QED) is 0.216. The molecule has 5 aromatic carbocycles. The average Bonchev–Trinajstić information content (AvgIpc) is 3.54. The lowest BCUT2D eigenvalue weighted by Crippen LogP contribution is -2.42. The highest BCUT2D eigenvalue weighted by Gasteiger charge is 2.56. The summed E-state index contributed by atoms with van der Waals surface area (Å²) in [5, 5.41) is 4.94. The lowest BCUT2D eigenvalue weighted by Gasteiger charge is -2.44. The van der Waals surface area contributed by atoms with Gasteiger partial charge in [-0.15, -0.1) is 0 Å². The van der Waals surface area contributed by atoms with Gasteiger partial charge in [0.2, 0.25) is 0 Å². The summed E-state index contributed by atoms with van der Waals surface area (Å²) in [5.74, 6) is 0. The first kappa shape index (κ1) is 24.5. The van der Waals surface area contributed by atoms with Crippen LogP contribution in [-0.4, -0.2) is 4.57 Å². The molecule has 2 aromatic heterocycles. The van der Waals surface area contributed by atoms with Crippen LogP contribution in [0.15, 0.2) is 108 Å². The van der Waals surface area contributed by atoms with Crippen LogP contribution in [0.4, 0.5) is 0 Å². The molecule has 0 fully saturated rings. The van der Waals surface area contributed by atoms with Crippen molar-refractivity contribution in [1.82, 2.24) is 4.57 Å². The summed E-state index contributed by atoms with van der Waals surface area (Å²) in [6, 6.07) is 37.6. The van der Waals surface area contributed by atoms with Gasteiger partial charge in [0, 0.05) is 27.2 Å². The van der Waals surface area contributed by atoms with Crippen LogP contribution in [0.5, 0.6) is 0 Å². The summed E-state index contributed by atoms with van der Waals surface area (Å²) in [6.45, 7) is 14.6. The number of hydrogen-bond donors (Lipinski definition) is 0. The Hall–Kier alpha value is -4.30. The second-order valence-corrected chi connectivity index (χ2v) is 13.5. The Kier molecular flexibility index (Phi) is 4.73. The van der Waals surface area contributed by atoms with E-state index in [4.69, 9.17) is 4.42 Å². The normalized spacial score (nSPS) is 17.1. The molecule has 0 N–H and O–H groups in total. The minimum atomic E-state index is 0.0418. The first-order valence-corrected chi connectivity index (χ1v) is 14.7. The van der Waals surface area contributed by atoms with Crippen molar-refractivity contribution in [3.8, 4) is 16.8 Å². The molecule has 0 amide bonds. The maximum absolute atomic E-state index is 6.24. The highest BCUT2D eigenvalue weighted by atomic mass is 16.3. The van der Waals surface area contributed by atoms with Gasteiger partial charge in [0.05, 0.1) is 11.0 Å². The standard InChI is InChI=1S/C39H35NO/c1-37(2)30-22-29-28-21-24(26-16-12-18-35-36(26)27-15-10-11-17-34(27)41-35)19-20-32(28)40(25-13-8-7-9-14-25)33(29)23-31(30)38(3,4)39(37,5)6/h7-23H,1-6H3. The highest BCUT2D eigenvalue weighted by molar-refractivity contribution is 6.15. The largest absolute Gasteiger partial charge is 0.456 e. The Morgan fingerprint density at radius 2 is 1.20 bits per heavy atom. The number of para-hydroxylation sites is 2. The van der Waals surface area contributed by atoms with E-state index in [1.807, 2.05) is 6.07 Å². The van der Waals surface area contributed by atoms with E-state index >= 15 is 0 Å². The van der Waals surface area contributed by atoms with Crippen LogP contribution in [0.3, 0.4) is 0 Å². The molecule has 0 aliphatic heterocycles. The van der Waals surface area contributed by atoms with E-state index in [0.29, 0.717) is 0 Å². The fourth-order valence-corrected chi connectivity index (χ4v) is 7.59. The molecule has 0 saturated heterocycles. The molecule has 0 spiro atoms. The van der Waals surface area contributed by atoms with Crippen LogP contribution in [0.1, 0.15) is 52.7 Å². The predicted molar refractivity (Wildman–Crippen MR) is 173 cm³/mol. The molecule has 0 bridgehead atoms. The summed E-state index contributed by atoms with van der Waals surface area (Å²) >= 11 is 0. The molecule has 1 aliphatic rings. The monoisotopic (exact) mass is 533 g/mol. The van der Waals surface area contributed by atoms with Gasteiger partial charge in [-0.3, -0.25) is 0 Å². The zero-order valence-corrected chi connectivity index (χ0v) is 24.7. The Morgan fingerprint density at radius 3 is 1.98 bits per heavy atom. The van der Waals surface area contributed by atoms with Crippen molar-refractivity contribution in [2.45, 2.75) is 52.4 Å². The molecule has 0 saturated carbocycles. The first-order chi connectivity index (χ1) is 19.6. The summed E-state index contributed by atoms with van der Waals surface area (Å²) in [4.78, 5) is 0. The van der Waals surface area contributed by atoms with Crippen LogP contribution >= 0.6 is 0 Å². The van der Waals surface area contributed by atoms with Crippen molar-refractivity contribution in [2.75, 3.05) is 0 Å². The molecular weight excluding hydrogens is 498 g/mol. The second kappa shape index (κ2) is 7.91. The van der Waals surface area contributed by atoms with Crippen LogP contribution < -0.4 is 0 Å². The van der Waals surface area contributed by atoms with E-state index in [1.54, 1.807) is 0 Å². The summed E-state index contributed by atoms with van der Waals surface area (Å²) < 4.78 is 8.70. The van der Waals surface area contributed by atoms with Gasteiger partial charge < -0.3 is 8.98 Å². The fourth-order valence-electron chi connectivity index (χ4n) is 7.59. The summed E-state index contributed by atoms with van der Waals surface area (Å²) in [6.07, 6.45) is 0. The van der Waals surface area contributed by atoms with E-state index in [9.17, 15) is 0 Å². The molecule has 7 aromatic rings. The van der Waals surface area contributed by atoms with E-state index in [0.717, 1.165) is 16.6 Å². The Morgan fingerprint density at radius 1 is 0.537 bits per heavy atom. The fraction of sp³-hybridized carbons (Fsp3) is 0.231. The zero-order valence-electron chi connectivity index (χ0n) is 24.7. The average molecular weight is 534 g/mol. The second-order valence-electron chi connectivity index (χ2n) is 13.5. The van der Waals surface area contributed by atoms with E-state index in [2.05, 4.69) is 143 Å². The molecule has 8 rings (SSSR count). The molecule has 0 atom stereocenters. The lowest BCUT2D eigenvalue weighted by molar-refractivity contribution is 0.125. The van der Waals surface area contributed by atoms with E-state index in [1.165, 1.54) is 55.1 Å². The Labute approximate surface area is 241 Å². The van der Waals surface area contributed by atoms with E-state index < -0.39 is 0 Å². The topological polar surface area (TPSA) is 18.1 Å². The number of benzene rings is 5. The van der Waals surface area contributed by atoms with Crippen LogP contribution in [0.25, 0.3) is 60.6 Å². The van der Waals surface area contributed by atoms with Crippen molar-refractivity contribution in [3.63, 3.8) is 0 Å². The van der Waals surface area contributed by atoms with Crippen molar-refractivity contribution < 1.29 is 4.42 Å². The molecule has 202 valence electrons. The third kappa shape index (κ3) is 3.03. The van der Waals surface area contributed by atoms with Gasteiger partial charge in [0.25, 0.3) is 0 Å². The first-order valence-electron chi connectivity index (χ1n) is 14.7. The van der Waals surface area contributed by atoms with Gasteiger partial charge in [-0.2, -0.15) is 0 Å². The van der Waals surface area contributed by atoms with Crippen molar-refractivity contribution in [2.24, 2.45) is 5.41 Å². The van der Waals surface area contributed by atoms with Crippen LogP contribution in [0.2, 0.25) is 0 Å². The summed E-state index contributed by atoms with van der Waals surface area (Å²) in [5.41, 5.74) is 11.1. The molecule has 0 unspecified atom stereocenters. The van der Waals surface area contributed by atoms with Crippen molar-refractivity contribution >= 4 is 43.7 Å². The maximum atomic E-state index is 6.24. The predicted octanol–water partition coefficient (Wildman–Crippen LogP) is 10.9. The zero-order chi connectivity index (χ0) is 28.3. The van der Waals surface area contributed by atoms with Crippen LogP contribution in [0, 0.1) is 5.41 Å². The van der Waals surface area contributed by atoms with Gasteiger partial charge in [0.1, 0.15) is 11.2 Å². The lowest BCUT2D eigenvalue weighted by atomic mass is 9.59. The molecule has 1 aliphatic carbocycles. The number of nitrogens with zero attached hydrogens (tertiary/aromatic N) is 1. The summed E-state index contributed by atoms with van der Waals surface area (Å²) in [7, 11) is 0. The van der Waals surface area contributed by atoms with Gasteiger partial charge >= 0.3 is 0 Å². The van der Waals surface area contributed by atoms with Gasteiger partial charge in [-0.1, -0.05) is 96.1 Å². The van der Waals surface area contributed by atoms with Gasteiger partial charge in [0.15, 0.2) is 0 Å². The molecule has 0 radical (unpaired) electrons. The highest BCUT2D eigenvalue weighted by Crippen LogP contribution is 2.62. The third-order valence-electron chi connectivity index (χ3n) is 11.1. The molecule has 2 nitrogen and oxygen atoms in total. The SMILES string of the molecule is CC1(C)c2cc3c4cc(-c5cccc6oc7ccccc7c56)ccc4n(-c4ccccc4)c3cc2C(C)(C)C1(C)C. The molecular formula is C39H35NO. The Balaban J connectivity index is 1.48. The molecule has 41 heavy (non-hydrogen) atoms.